The van der Waals surface area contributed by atoms with Crippen LogP contribution in [-0.2, 0) is 0 Å². The van der Waals surface area contributed by atoms with Crippen LogP contribution in [-0.4, -0.2) is 31.6 Å². The fourth-order valence-corrected chi connectivity index (χ4v) is 2.99. The van der Waals surface area contributed by atoms with Crippen molar-refractivity contribution in [2.24, 2.45) is 0 Å². The van der Waals surface area contributed by atoms with Crippen molar-refractivity contribution in [3.05, 3.63) is 59.0 Å². The Bertz CT molecular complexity index is 998. The van der Waals surface area contributed by atoms with E-state index >= 15 is 0 Å². The normalized spacial score (nSPS) is 15.0. The van der Waals surface area contributed by atoms with Crippen molar-refractivity contribution in [3.8, 4) is 17.1 Å². The highest BCUT2D eigenvalue weighted by atomic mass is 32.2. The molecule has 0 saturated carbocycles. The van der Waals surface area contributed by atoms with Gasteiger partial charge in [-0.3, -0.25) is 0 Å². The summed E-state index contributed by atoms with van der Waals surface area (Å²) in [6.45, 7) is 0. The molecule has 0 saturated heterocycles. The molecule has 8 nitrogen and oxygen atoms in total. The quantitative estimate of drug-likeness (QED) is 0.535. The van der Waals surface area contributed by atoms with Crippen molar-refractivity contribution in [2.45, 2.75) is 11.4 Å². The summed E-state index contributed by atoms with van der Waals surface area (Å²) in [6.07, 6.45) is 1.24. The van der Waals surface area contributed by atoms with E-state index in [1.807, 2.05) is 30.5 Å². The van der Waals surface area contributed by atoms with Crippen molar-refractivity contribution in [1.82, 2.24) is 15.2 Å². The van der Waals surface area contributed by atoms with Crippen LogP contribution in [0.2, 0.25) is 0 Å². The Balaban J connectivity index is 1.84. The standard InChI is InChI=1S/C17H14N5O3S/c1-26-17-19-16-14(20-21-17)12-7-2-3-8-13(12)18-15(25-16)10-5-4-6-11(9-10)22(23)24/h2-9,15,18H,1H3,(H,23,24)/q+1. The summed E-state index contributed by atoms with van der Waals surface area (Å²) >= 11 is 1.37. The molecular formula is C17H14N5O3S+. The summed E-state index contributed by atoms with van der Waals surface area (Å²) in [7, 11) is 0. The van der Waals surface area contributed by atoms with E-state index in [9.17, 15) is 4.91 Å². The van der Waals surface area contributed by atoms with Crippen LogP contribution >= 0.6 is 11.8 Å². The Morgan fingerprint density at radius 1 is 1.19 bits per heavy atom. The zero-order valence-electron chi connectivity index (χ0n) is 13.7. The van der Waals surface area contributed by atoms with E-state index in [0.717, 1.165) is 11.3 Å². The van der Waals surface area contributed by atoms with Crippen LogP contribution < -0.4 is 10.1 Å². The van der Waals surface area contributed by atoms with Crippen molar-refractivity contribution in [3.63, 3.8) is 0 Å². The minimum atomic E-state index is -0.622. The smallest absolute Gasteiger partial charge is 0.317 e. The molecule has 0 aliphatic carbocycles. The number of ether oxygens (including phenoxy) is 1. The van der Waals surface area contributed by atoms with Crippen molar-refractivity contribution < 1.29 is 14.9 Å². The van der Waals surface area contributed by atoms with Crippen LogP contribution in [0.3, 0.4) is 0 Å². The van der Waals surface area contributed by atoms with Crippen LogP contribution in [0.5, 0.6) is 5.88 Å². The number of nitrogens with zero attached hydrogens (tertiary/aromatic N) is 4. The molecule has 0 fully saturated rings. The molecule has 2 N–H and O–H groups in total. The Labute approximate surface area is 152 Å². The van der Waals surface area contributed by atoms with Gasteiger partial charge in [-0.05, 0) is 12.3 Å². The molecule has 3 aromatic rings. The molecule has 2 heterocycles. The number of aromatic nitrogens is 3. The zero-order chi connectivity index (χ0) is 18.1. The minimum Gasteiger partial charge on any atom is -0.448 e. The first-order valence-electron chi connectivity index (χ1n) is 7.73. The average Bonchev–Trinajstić information content (AvgIpc) is 2.84. The molecule has 130 valence electrons. The molecule has 1 unspecified atom stereocenters. The monoisotopic (exact) mass is 368 g/mol. The fourth-order valence-electron chi connectivity index (χ4n) is 2.69. The first-order valence-corrected chi connectivity index (χ1v) is 8.95. The van der Waals surface area contributed by atoms with Gasteiger partial charge in [0.05, 0.1) is 4.91 Å². The number of nitrogens with one attached hydrogen (secondary N) is 1. The van der Waals surface area contributed by atoms with Crippen molar-refractivity contribution >= 4 is 23.1 Å². The lowest BCUT2D eigenvalue weighted by atomic mass is 10.1. The second kappa shape index (κ2) is 6.60. The maximum atomic E-state index is 11.2. The van der Waals surface area contributed by atoms with E-state index in [1.54, 1.807) is 18.2 Å². The fraction of sp³-hybridized carbons (Fsp3) is 0.118. The number of fused-ring (bicyclic) bond motifs is 3. The minimum absolute atomic E-state index is 0.108. The number of para-hydroxylation sites is 1. The van der Waals surface area contributed by atoms with Crippen LogP contribution in [0.4, 0.5) is 11.4 Å². The predicted molar refractivity (Wildman–Crippen MR) is 95.6 cm³/mol. The van der Waals surface area contributed by atoms with Gasteiger partial charge >= 0.3 is 5.69 Å². The lowest BCUT2D eigenvalue weighted by molar-refractivity contribution is -0.729. The number of benzene rings is 2. The Morgan fingerprint density at radius 2 is 2.04 bits per heavy atom. The van der Waals surface area contributed by atoms with Crippen LogP contribution in [0.1, 0.15) is 11.8 Å². The van der Waals surface area contributed by atoms with Gasteiger partial charge in [-0.1, -0.05) is 42.1 Å². The van der Waals surface area contributed by atoms with E-state index in [-0.39, 0.29) is 10.6 Å². The third kappa shape index (κ3) is 2.93. The molecular weight excluding hydrogens is 354 g/mol. The summed E-state index contributed by atoms with van der Waals surface area (Å²) < 4.78 is 6.06. The van der Waals surface area contributed by atoms with Gasteiger partial charge in [0.1, 0.15) is 0 Å². The van der Waals surface area contributed by atoms with Gasteiger partial charge < -0.3 is 10.1 Å². The summed E-state index contributed by atoms with van der Waals surface area (Å²) in [5.74, 6) is 0.347. The number of hydrogen-bond donors (Lipinski definition) is 2. The van der Waals surface area contributed by atoms with Gasteiger partial charge in [0.15, 0.2) is 11.9 Å². The van der Waals surface area contributed by atoms with Gasteiger partial charge in [-0.25, -0.2) is 5.21 Å². The Hall–Kier alpha value is -3.20. The molecule has 0 amide bonds. The molecule has 26 heavy (non-hydrogen) atoms. The topological polar surface area (TPSA) is 100 Å². The first-order chi connectivity index (χ1) is 12.7. The number of anilines is 1. The largest absolute Gasteiger partial charge is 0.448 e. The molecule has 1 atom stereocenters. The molecule has 1 aliphatic heterocycles. The zero-order valence-corrected chi connectivity index (χ0v) is 14.5. The number of hydrogen-bond acceptors (Lipinski definition) is 7. The molecule has 4 rings (SSSR count). The van der Waals surface area contributed by atoms with E-state index in [2.05, 4.69) is 20.5 Å². The third-order valence-corrected chi connectivity index (χ3v) is 4.45. The summed E-state index contributed by atoms with van der Waals surface area (Å²) in [6, 6.07) is 14.1. The van der Waals surface area contributed by atoms with E-state index < -0.39 is 6.23 Å². The SMILES string of the molecule is CSc1nnc2c(n1)OC(c1cccc([N+](=O)O)c1)Nc1ccccc1-2. The average molecular weight is 368 g/mol. The molecule has 9 heteroatoms. The van der Waals surface area contributed by atoms with Gasteiger partial charge in [0.2, 0.25) is 11.0 Å². The number of thioether (sulfide) groups is 1. The second-order valence-corrected chi connectivity index (χ2v) is 6.28. The summed E-state index contributed by atoms with van der Waals surface area (Å²) in [4.78, 5) is 15.5. The van der Waals surface area contributed by atoms with Crippen LogP contribution in [0.15, 0.2) is 53.7 Å². The molecule has 0 radical (unpaired) electrons. The first kappa shape index (κ1) is 16.3. The molecule has 2 aromatic carbocycles. The van der Waals surface area contributed by atoms with Gasteiger partial charge in [-0.2, -0.15) is 4.98 Å². The molecule has 1 aliphatic rings. The maximum absolute atomic E-state index is 11.2. The van der Waals surface area contributed by atoms with Gasteiger partial charge in [0, 0.05) is 28.9 Å². The van der Waals surface area contributed by atoms with E-state index in [1.165, 1.54) is 17.8 Å². The van der Waals surface area contributed by atoms with Crippen LogP contribution in [0, 0.1) is 4.91 Å². The van der Waals surface area contributed by atoms with E-state index in [4.69, 9.17) is 9.94 Å². The molecule has 0 bridgehead atoms. The van der Waals surface area contributed by atoms with E-state index in [0.29, 0.717) is 22.3 Å². The Kier molecular flexibility index (Phi) is 4.13. The lowest BCUT2D eigenvalue weighted by Gasteiger charge is -2.18. The highest BCUT2D eigenvalue weighted by Gasteiger charge is 2.27. The Morgan fingerprint density at radius 3 is 2.85 bits per heavy atom. The summed E-state index contributed by atoms with van der Waals surface area (Å²) in [5.41, 5.74) is 2.93. The molecule has 1 aromatic heterocycles. The van der Waals surface area contributed by atoms with Crippen LogP contribution in [0.25, 0.3) is 11.3 Å². The maximum Gasteiger partial charge on any atom is 0.317 e. The highest BCUT2D eigenvalue weighted by Crippen LogP contribution is 2.39. The summed E-state index contributed by atoms with van der Waals surface area (Å²) in [5, 5.41) is 21.3. The molecule has 0 spiro atoms. The number of rotatable bonds is 3. The van der Waals surface area contributed by atoms with Crippen molar-refractivity contribution in [1.29, 1.82) is 0 Å². The van der Waals surface area contributed by atoms with Crippen molar-refractivity contribution in [2.75, 3.05) is 11.6 Å². The highest BCUT2D eigenvalue weighted by molar-refractivity contribution is 7.98. The van der Waals surface area contributed by atoms with Gasteiger partial charge in [0.25, 0.3) is 4.92 Å². The second-order valence-electron chi connectivity index (χ2n) is 5.51. The van der Waals surface area contributed by atoms with Gasteiger partial charge in [-0.15, -0.1) is 10.2 Å². The third-order valence-electron chi connectivity index (χ3n) is 3.91. The lowest BCUT2D eigenvalue weighted by Crippen LogP contribution is -2.17. The predicted octanol–water partition coefficient (Wildman–Crippen LogP) is 3.56.